The molecule has 39 heavy (non-hydrogen) atoms. The lowest BCUT2D eigenvalue weighted by Gasteiger charge is -2.13. The van der Waals surface area contributed by atoms with Gasteiger partial charge in [0, 0.05) is 56.0 Å². The van der Waals surface area contributed by atoms with E-state index in [0.717, 1.165) is 0 Å². The summed E-state index contributed by atoms with van der Waals surface area (Å²) < 4.78 is 15.4. The van der Waals surface area contributed by atoms with Gasteiger partial charge in [0.05, 0.1) is 0 Å². The van der Waals surface area contributed by atoms with Crippen LogP contribution in [0.15, 0.2) is 72.8 Å². The molecule has 0 spiro atoms. The number of hydrogen-bond acceptors (Lipinski definition) is 12. The summed E-state index contributed by atoms with van der Waals surface area (Å²) in [5.74, 6) is 0.215. The minimum Gasteiger partial charge on any atom is -0.427 e. The minimum atomic E-state index is -0.447. The fourth-order valence-corrected chi connectivity index (χ4v) is 3.34. The van der Waals surface area contributed by atoms with Crippen molar-refractivity contribution in [3.8, 4) is 17.2 Å². The fraction of sp³-hybridized carbons (Fsp3) is 0.111. The van der Waals surface area contributed by atoms with Crippen LogP contribution < -0.4 is 30.2 Å². The van der Waals surface area contributed by atoms with Crippen LogP contribution in [0.5, 0.6) is 17.2 Å². The monoisotopic (exact) mass is 528 g/mol. The topological polar surface area (TPSA) is 154 Å². The first kappa shape index (κ1) is 26.5. The Morgan fingerprint density at radius 1 is 0.513 bits per heavy atom. The highest BCUT2D eigenvalue weighted by Crippen LogP contribution is 2.26. The molecular formula is C27H24N6O6. The van der Waals surface area contributed by atoms with Crippen molar-refractivity contribution in [1.29, 1.82) is 0 Å². The molecule has 3 aromatic carbocycles. The first-order chi connectivity index (χ1) is 18.7. The molecule has 0 unspecified atom stereocenters. The van der Waals surface area contributed by atoms with Gasteiger partial charge in [-0.2, -0.15) is 15.0 Å². The first-order valence-corrected chi connectivity index (χ1v) is 11.6. The van der Waals surface area contributed by atoms with Crippen molar-refractivity contribution in [2.45, 2.75) is 20.8 Å². The van der Waals surface area contributed by atoms with E-state index in [1.165, 1.54) is 20.8 Å². The lowest BCUT2D eigenvalue weighted by atomic mass is 10.3. The van der Waals surface area contributed by atoms with Crippen LogP contribution in [-0.2, 0) is 14.4 Å². The zero-order valence-electron chi connectivity index (χ0n) is 21.2. The van der Waals surface area contributed by atoms with Crippen molar-refractivity contribution >= 4 is 52.8 Å². The van der Waals surface area contributed by atoms with Crippen molar-refractivity contribution in [2.24, 2.45) is 0 Å². The van der Waals surface area contributed by atoms with Gasteiger partial charge in [0.2, 0.25) is 17.8 Å². The second-order valence-electron chi connectivity index (χ2n) is 8.05. The molecule has 198 valence electrons. The number of nitrogens with one attached hydrogen (secondary N) is 3. The molecule has 0 fully saturated rings. The molecule has 1 heterocycles. The SMILES string of the molecule is CC(=O)Oc1cccc(Nc2nc(Nc3cccc(OC(C)=O)c3)nc(Nc3cccc(OC(C)=O)c3)n2)c1. The minimum absolute atomic E-state index is 0.169. The summed E-state index contributed by atoms with van der Waals surface area (Å²) in [5.41, 5.74) is 1.68. The summed E-state index contributed by atoms with van der Waals surface area (Å²) in [6.07, 6.45) is 0. The summed E-state index contributed by atoms with van der Waals surface area (Å²) in [5, 5.41) is 9.22. The van der Waals surface area contributed by atoms with E-state index in [1.54, 1.807) is 72.8 Å². The molecule has 12 nitrogen and oxygen atoms in total. The highest BCUT2D eigenvalue weighted by molar-refractivity contribution is 5.72. The second kappa shape index (κ2) is 12.1. The zero-order chi connectivity index (χ0) is 27.8. The number of ether oxygens (including phenoxy) is 3. The normalized spacial score (nSPS) is 10.2. The van der Waals surface area contributed by atoms with E-state index in [0.29, 0.717) is 34.3 Å². The van der Waals surface area contributed by atoms with Crippen molar-refractivity contribution in [3.63, 3.8) is 0 Å². The van der Waals surface area contributed by atoms with E-state index in [2.05, 4.69) is 30.9 Å². The molecule has 0 radical (unpaired) electrons. The highest BCUT2D eigenvalue weighted by atomic mass is 16.5. The highest BCUT2D eigenvalue weighted by Gasteiger charge is 2.11. The first-order valence-electron chi connectivity index (χ1n) is 11.6. The number of nitrogens with zero attached hydrogens (tertiary/aromatic N) is 3. The van der Waals surface area contributed by atoms with Crippen LogP contribution in [0.1, 0.15) is 20.8 Å². The van der Waals surface area contributed by atoms with Crippen LogP contribution in [-0.4, -0.2) is 32.9 Å². The van der Waals surface area contributed by atoms with Gasteiger partial charge in [-0.05, 0) is 36.4 Å². The zero-order valence-corrected chi connectivity index (χ0v) is 21.2. The lowest BCUT2D eigenvalue weighted by molar-refractivity contribution is -0.132. The van der Waals surface area contributed by atoms with Crippen LogP contribution in [0.3, 0.4) is 0 Å². The third kappa shape index (κ3) is 8.25. The number of benzene rings is 3. The van der Waals surface area contributed by atoms with E-state index in [9.17, 15) is 14.4 Å². The Labute approximate surface area is 223 Å². The third-order valence-corrected chi connectivity index (χ3v) is 4.69. The smallest absolute Gasteiger partial charge is 0.308 e. The van der Waals surface area contributed by atoms with Crippen LogP contribution in [0, 0.1) is 0 Å². The number of aromatic nitrogens is 3. The molecule has 4 rings (SSSR count). The molecule has 0 atom stereocenters. The van der Waals surface area contributed by atoms with Crippen molar-refractivity contribution in [2.75, 3.05) is 16.0 Å². The number of anilines is 6. The third-order valence-electron chi connectivity index (χ3n) is 4.69. The Kier molecular flexibility index (Phi) is 8.27. The molecule has 0 saturated carbocycles. The van der Waals surface area contributed by atoms with E-state index >= 15 is 0 Å². The van der Waals surface area contributed by atoms with Gasteiger partial charge in [-0.1, -0.05) is 18.2 Å². The summed E-state index contributed by atoms with van der Waals surface area (Å²) >= 11 is 0. The van der Waals surface area contributed by atoms with Gasteiger partial charge in [0.1, 0.15) is 17.2 Å². The summed E-state index contributed by atoms with van der Waals surface area (Å²) in [7, 11) is 0. The fourth-order valence-electron chi connectivity index (χ4n) is 3.34. The van der Waals surface area contributed by atoms with Gasteiger partial charge >= 0.3 is 17.9 Å². The van der Waals surface area contributed by atoms with Crippen LogP contribution in [0.4, 0.5) is 34.9 Å². The Hall–Kier alpha value is -5.52. The van der Waals surface area contributed by atoms with Crippen molar-refractivity contribution < 1.29 is 28.6 Å². The average Bonchev–Trinajstić information content (AvgIpc) is 2.83. The van der Waals surface area contributed by atoms with Crippen LogP contribution in [0.2, 0.25) is 0 Å². The number of rotatable bonds is 9. The van der Waals surface area contributed by atoms with Gasteiger partial charge in [-0.15, -0.1) is 0 Å². The molecule has 0 saturated heterocycles. The summed E-state index contributed by atoms with van der Waals surface area (Å²) in [6.45, 7) is 3.94. The van der Waals surface area contributed by atoms with E-state index in [1.807, 2.05) is 0 Å². The molecule has 0 amide bonds. The Bertz CT molecular complexity index is 1330. The van der Waals surface area contributed by atoms with Gasteiger partial charge in [-0.3, -0.25) is 14.4 Å². The largest absolute Gasteiger partial charge is 0.427 e. The molecule has 4 aromatic rings. The standard InChI is InChI=1S/C27H24N6O6/c1-16(34)37-22-10-4-7-19(13-22)28-25-31-26(29-20-8-5-11-23(14-20)38-17(2)35)33-27(32-25)30-21-9-6-12-24(15-21)39-18(3)36/h4-15H,1-3H3,(H3,28,29,30,31,32,33). The number of carbonyl (C=O) groups is 3. The van der Waals surface area contributed by atoms with E-state index in [4.69, 9.17) is 14.2 Å². The van der Waals surface area contributed by atoms with Crippen LogP contribution >= 0.6 is 0 Å². The maximum atomic E-state index is 11.3. The quantitative estimate of drug-likeness (QED) is 0.200. The molecule has 3 N–H and O–H groups in total. The maximum absolute atomic E-state index is 11.3. The predicted octanol–water partition coefficient (Wildman–Crippen LogP) is 4.88. The van der Waals surface area contributed by atoms with Gasteiger partial charge < -0.3 is 30.2 Å². The molecule has 1 aromatic heterocycles. The van der Waals surface area contributed by atoms with Gasteiger partial charge in [-0.25, -0.2) is 0 Å². The lowest BCUT2D eigenvalue weighted by Crippen LogP contribution is -2.08. The average molecular weight is 529 g/mol. The van der Waals surface area contributed by atoms with Gasteiger partial charge in [0.15, 0.2) is 0 Å². The van der Waals surface area contributed by atoms with Gasteiger partial charge in [0.25, 0.3) is 0 Å². The van der Waals surface area contributed by atoms with E-state index < -0.39 is 17.9 Å². The predicted molar refractivity (Wildman–Crippen MR) is 143 cm³/mol. The van der Waals surface area contributed by atoms with Crippen molar-refractivity contribution in [1.82, 2.24) is 15.0 Å². The molecule has 0 aliphatic rings. The Balaban J connectivity index is 1.65. The number of hydrogen-bond donors (Lipinski definition) is 3. The molecule has 0 bridgehead atoms. The van der Waals surface area contributed by atoms with E-state index in [-0.39, 0.29) is 17.8 Å². The Morgan fingerprint density at radius 3 is 1.05 bits per heavy atom. The number of carbonyl (C=O) groups excluding carboxylic acids is 3. The number of esters is 3. The summed E-state index contributed by atoms with van der Waals surface area (Å²) in [4.78, 5) is 47.3. The van der Waals surface area contributed by atoms with Crippen molar-refractivity contribution in [3.05, 3.63) is 72.8 Å². The molecule has 0 aliphatic carbocycles. The second-order valence-corrected chi connectivity index (χ2v) is 8.05. The molecular weight excluding hydrogens is 504 g/mol. The molecule has 0 aliphatic heterocycles. The molecule has 12 heteroatoms. The van der Waals surface area contributed by atoms with Crippen LogP contribution in [0.25, 0.3) is 0 Å². The summed E-state index contributed by atoms with van der Waals surface area (Å²) in [6, 6.07) is 20.2. The maximum Gasteiger partial charge on any atom is 0.308 e. The Morgan fingerprint density at radius 2 is 0.795 bits per heavy atom.